The molecule has 13 heteroatoms. The zero-order chi connectivity index (χ0) is 20.3. The minimum Gasteiger partial charge on any atom is -0.477 e. The molecule has 1 aromatic rings. The van der Waals surface area contributed by atoms with Gasteiger partial charge >= 0.3 is 12.1 Å². The van der Waals surface area contributed by atoms with Crippen LogP contribution >= 0.6 is 27.7 Å². The molecule has 8 nitrogen and oxygen atoms in total. The predicted molar refractivity (Wildman–Crippen MR) is 90.6 cm³/mol. The van der Waals surface area contributed by atoms with Crippen LogP contribution in [0.15, 0.2) is 15.7 Å². The molecule has 3 rings (SSSR count). The first-order valence-corrected chi connectivity index (χ1v) is 9.27. The van der Waals surface area contributed by atoms with Gasteiger partial charge in [0, 0.05) is 12.8 Å². The number of thioether (sulfide) groups is 1. The summed E-state index contributed by atoms with van der Waals surface area (Å²) in [6.07, 6.45) is -4.72. The van der Waals surface area contributed by atoms with Crippen LogP contribution < -0.4 is 5.32 Å². The van der Waals surface area contributed by atoms with Crippen molar-refractivity contribution in [2.24, 2.45) is 7.05 Å². The Morgan fingerprint density at radius 2 is 2.04 bits per heavy atom. The highest BCUT2D eigenvalue weighted by Crippen LogP contribution is 2.40. The summed E-state index contributed by atoms with van der Waals surface area (Å²) in [4.78, 5) is 37.1. The smallest absolute Gasteiger partial charge is 0.434 e. The van der Waals surface area contributed by atoms with E-state index in [0.29, 0.717) is 16.0 Å². The van der Waals surface area contributed by atoms with Crippen molar-refractivity contribution >= 4 is 45.5 Å². The van der Waals surface area contributed by atoms with Crippen LogP contribution in [0.2, 0.25) is 0 Å². The van der Waals surface area contributed by atoms with E-state index in [-0.39, 0.29) is 5.70 Å². The fourth-order valence-electron chi connectivity index (χ4n) is 2.94. The molecule has 2 amide bonds. The highest BCUT2D eigenvalue weighted by atomic mass is 79.9. The number of aliphatic carboxylic acids is 1. The molecule has 0 spiro atoms. The summed E-state index contributed by atoms with van der Waals surface area (Å²) in [5, 5.41) is 14.6. The molecule has 0 radical (unpaired) electrons. The van der Waals surface area contributed by atoms with Crippen molar-refractivity contribution in [1.82, 2.24) is 20.0 Å². The van der Waals surface area contributed by atoms with Crippen molar-refractivity contribution in [1.29, 1.82) is 0 Å². The number of fused-ring (bicyclic) bond motifs is 1. The van der Waals surface area contributed by atoms with E-state index in [1.54, 1.807) is 6.92 Å². The van der Waals surface area contributed by atoms with Gasteiger partial charge in [0.25, 0.3) is 11.8 Å². The number of alkyl halides is 3. The molecule has 0 unspecified atom stereocenters. The molecule has 2 N–H and O–H groups in total. The van der Waals surface area contributed by atoms with Crippen LogP contribution in [-0.4, -0.2) is 54.7 Å². The molecule has 3 heterocycles. The van der Waals surface area contributed by atoms with Gasteiger partial charge in [0.2, 0.25) is 0 Å². The normalized spacial score (nSPS) is 22.4. The summed E-state index contributed by atoms with van der Waals surface area (Å²) in [5.74, 6) is -2.50. The Kier molecular flexibility index (Phi) is 4.78. The minimum atomic E-state index is -4.72. The molecule has 1 aromatic heterocycles. The molecule has 2 aliphatic heterocycles. The third-order valence-corrected chi connectivity index (χ3v) is 6.30. The lowest BCUT2D eigenvalue weighted by Crippen LogP contribution is -2.70. The number of β-lactam (4-membered cyclic amide) rings is 1. The first-order chi connectivity index (χ1) is 12.4. The van der Waals surface area contributed by atoms with Gasteiger partial charge in [-0.1, -0.05) is 0 Å². The van der Waals surface area contributed by atoms with Crippen LogP contribution in [0.5, 0.6) is 0 Å². The zero-order valence-corrected chi connectivity index (χ0v) is 16.2. The molecule has 146 valence electrons. The van der Waals surface area contributed by atoms with Gasteiger partial charge in [0.05, 0.1) is 4.47 Å². The number of carbonyl (C=O) groups is 3. The van der Waals surface area contributed by atoms with E-state index in [4.69, 9.17) is 0 Å². The van der Waals surface area contributed by atoms with Crippen LogP contribution in [0.4, 0.5) is 13.2 Å². The van der Waals surface area contributed by atoms with Crippen molar-refractivity contribution in [3.8, 4) is 0 Å². The molecular weight excluding hydrogens is 457 g/mol. The molecule has 0 bridgehead atoms. The van der Waals surface area contributed by atoms with Crippen molar-refractivity contribution < 1.29 is 32.7 Å². The lowest BCUT2D eigenvalue weighted by Gasteiger charge is -2.49. The lowest BCUT2D eigenvalue weighted by molar-refractivity contribution is -0.148. The molecule has 2 atom stereocenters. The second-order valence-electron chi connectivity index (χ2n) is 5.93. The Morgan fingerprint density at radius 1 is 1.41 bits per heavy atom. The molecule has 0 aliphatic carbocycles. The summed E-state index contributed by atoms with van der Waals surface area (Å²) < 4.78 is 39.0. The number of halogens is 4. The quantitative estimate of drug-likeness (QED) is 0.652. The summed E-state index contributed by atoms with van der Waals surface area (Å²) in [6.45, 7) is 1.59. The standard InChI is InChI=1S/C14H12BrF3N4O4S/c1-4-3-27-12-7(11(24)22(12)8(4)13(25)26)19-10(23)6-5(15)9(14(16,17)18)21(2)20-6/h7,12H,3H2,1-2H3,(H,19,23)(H,25,26)/t7-,12+/m0/s1. The van der Waals surface area contributed by atoms with Gasteiger partial charge in [0.1, 0.15) is 17.1 Å². The average molecular weight is 469 g/mol. The summed E-state index contributed by atoms with van der Waals surface area (Å²) in [6, 6.07) is -1.05. The maximum absolute atomic E-state index is 13.0. The molecule has 1 fully saturated rings. The van der Waals surface area contributed by atoms with E-state index in [0.717, 1.165) is 11.9 Å². The topological polar surface area (TPSA) is 105 Å². The number of aryl methyl sites for hydroxylation is 1. The summed E-state index contributed by atoms with van der Waals surface area (Å²) in [5.41, 5.74) is -1.26. The number of carboxylic acid groups (broad SMARTS) is 1. The predicted octanol–water partition coefficient (Wildman–Crippen LogP) is 1.57. The average Bonchev–Trinajstić information content (AvgIpc) is 2.86. The Hall–Kier alpha value is -2.02. The SMILES string of the molecule is CC1=C(C(=O)O)N2C(=O)[C@H](NC(=O)c3nn(C)c(C(F)(F)F)c3Br)[C@H]2SC1. The maximum Gasteiger partial charge on any atom is 0.434 e. The van der Waals surface area contributed by atoms with Gasteiger partial charge in [-0.3, -0.25) is 19.2 Å². The number of aromatic nitrogens is 2. The molecule has 1 saturated heterocycles. The lowest BCUT2D eigenvalue weighted by atomic mass is 10.0. The van der Waals surface area contributed by atoms with Crippen molar-refractivity contribution in [3.05, 3.63) is 27.1 Å². The Bertz CT molecular complexity index is 898. The number of carboxylic acids is 1. The number of rotatable bonds is 3. The van der Waals surface area contributed by atoms with Crippen molar-refractivity contribution in [3.63, 3.8) is 0 Å². The first kappa shape index (κ1) is 19.7. The zero-order valence-electron chi connectivity index (χ0n) is 13.8. The van der Waals surface area contributed by atoms with Gasteiger partial charge < -0.3 is 10.4 Å². The fraction of sp³-hybridized carbons (Fsp3) is 0.429. The number of nitrogens with zero attached hydrogens (tertiary/aromatic N) is 3. The number of amides is 2. The van der Waals surface area contributed by atoms with Crippen LogP contribution in [0.3, 0.4) is 0 Å². The Balaban J connectivity index is 1.82. The van der Waals surface area contributed by atoms with Crippen LogP contribution in [0, 0.1) is 0 Å². The van der Waals surface area contributed by atoms with Crippen LogP contribution in [0.1, 0.15) is 23.1 Å². The monoisotopic (exact) mass is 468 g/mol. The number of hydrogen-bond acceptors (Lipinski definition) is 5. The first-order valence-electron chi connectivity index (χ1n) is 7.43. The van der Waals surface area contributed by atoms with Crippen LogP contribution in [-0.2, 0) is 22.8 Å². The molecule has 27 heavy (non-hydrogen) atoms. The Morgan fingerprint density at radius 3 is 2.56 bits per heavy atom. The van der Waals surface area contributed by atoms with E-state index >= 15 is 0 Å². The number of nitrogens with one attached hydrogen (secondary N) is 1. The second-order valence-corrected chi connectivity index (χ2v) is 7.83. The van der Waals surface area contributed by atoms with Crippen LogP contribution in [0.25, 0.3) is 0 Å². The van der Waals surface area contributed by atoms with E-state index in [2.05, 4.69) is 26.3 Å². The second kappa shape index (κ2) is 6.55. The van der Waals surface area contributed by atoms with E-state index < -0.39 is 51.2 Å². The van der Waals surface area contributed by atoms with Gasteiger partial charge in [-0.05, 0) is 28.4 Å². The summed E-state index contributed by atoms with van der Waals surface area (Å²) in [7, 11) is 1.05. The largest absolute Gasteiger partial charge is 0.477 e. The van der Waals surface area contributed by atoms with Crippen molar-refractivity contribution in [2.45, 2.75) is 24.5 Å². The highest BCUT2D eigenvalue weighted by molar-refractivity contribution is 9.10. The van der Waals surface area contributed by atoms with Gasteiger partial charge in [0.15, 0.2) is 11.4 Å². The number of carbonyl (C=O) groups excluding carboxylic acids is 2. The summed E-state index contributed by atoms with van der Waals surface area (Å²) >= 11 is 4.00. The molecular formula is C14H12BrF3N4O4S. The molecule has 0 aromatic carbocycles. The van der Waals surface area contributed by atoms with Gasteiger partial charge in [-0.25, -0.2) is 4.79 Å². The van der Waals surface area contributed by atoms with Crippen molar-refractivity contribution in [2.75, 3.05) is 5.75 Å². The minimum absolute atomic E-state index is 0.132. The van der Waals surface area contributed by atoms with E-state index in [9.17, 15) is 32.7 Å². The maximum atomic E-state index is 13.0. The molecule has 0 saturated carbocycles. The molecule has 2 aliphatic rings. The van der Waals surface area contributed by atoms with Gasteiger partial charge in [-0.15, -0.1) is 11.8 Å². The highest BCUT2D eigenvalue weighted by Gasteiger charge is 2.54. The van der Waals surface area contributed by atoms with E-state index in [1.165, 1.54) is 11.8 Å². The Labute approximate surface area is 162 Å². The third kappa shape index (κ3) is 3.12. The fourth-order valence-corrected chi connectivity index (χ4v) is 4.97. The number of hydrogen-bond donors (Lipinski definition) is 2. The third-order valence-electron chi connectivity index (χ3n) is 4.12. The van der Waals surface area contributed by atoms with E-state index in [1.807, 2.05) is 0 Å². The van der Waals surface area contributed by atoms with Gasteiger partial charge in [-0.2, -0.15) is 18.3 Å².